The fourth-order valence-corrected chi connectivity index (χ4v) is 3.03. The molecule has 0 radical (unpaired) electrons. The van der Waals surface area contributed by atoms with Crippen molar-refractivity contribution in [3.8, 4) is 0 Å². The van der Waals surface area contributed by atoms with Gasteiger partial charge in [0.25, 0.3) is 0 Å². The first-order valence-corrected chi connectivity index (χ1v) is 7.38. The molecule has 1 atom stereocenters. The molecule has 0 spiro atoms. The van der Waals surface area contributed by atoms with Crippen molar-refractivity contribution in [1.29, 1.82) is 0 Å². The van der Waals surface area contributed by atoms with E-state index in [1.807, 2.05) is 43.3 Å². The number of aryl methyl sites for hydroxylation is 1. The molecule has 0 saturated heterocycles. The Morgan fingerprint density at radius 3 is 2.55 bits per heavy atom. The maximum absolute atomic E-state index is 10.8. The normalized spacial score (nSPS) is 12.6. The molecule has 0 aliphatic rings. The highest BCUT2D eigenvalue weighted by Gasteiger charge is 2.16. The molecule has 0 amide bonds. The van der Waals surface area contributed by atoms with Crippen LogP contribution in [0.2, 0.25) is 0 Å². The van der Waals surface area contributed by atoms with Crippen molar-refractivity contribution in [3.05, 3.63) is 81.8 Å². The van der Waals surface area contributed by atoms with Gasteiger partial charge < -0.3 is 5.11 Å². The number of rotatable bonds is 2. The quantitative estimate of drug-likeness (QED) is 0.703. The van der Waals surface area contributed by atoms with Gasteiger partial charge in [0, 0.05) is 4.47 Å². The summed E-state index contributed by atoms with van der Waals surface area (Å²) in [6.07, 6.45) is -0.612. The van der Waals surface area contributed by atoms with Crippen molar-refractivity contribution in [3.63, 3.8) is 0 Å². The molecule has 3 aromatic rings. The molecule has 0 saturated carbocycles. The zero-order chi connectivity index (χ0) is 14.1. The monoisotopic (exact) mass is 326 g/mol. The third-order valence-corrected chi connectivity index (χ3v) is 4.12. The lowest BCUT2D eigenvalue weighted by atomic mass is 9.92. The number of aliphatic hydroxyl groups is 1. The van der Waals surface area contributed by atoms with Crippen LogP contribution in [-0.2, 0) is 0 Å². The maximum Gasteiger partial charge on any atom is 0.105 e. The number of aliphatic hydroxyl groups excluding tert-OH is 1. The van der Waals surface area contributed by atoms with Crippen LogP contribution in [0.3, 0.4) is 0 Å². The van der Waals surface area contributed by atoms with E-state index in [4.69, 9.17) is 0 Å². The summed E-state index contributed by atoms with van der Waals surface area (Å²) < 4.78 is 0.979. The lowest BCUT2D eigenvalue weighted by Gasteiger charge is -2.17. The molecule has 100 valence electrons. The van der Waals surface area contributed by atoms with E-state index in [2.05, 4.69) is 40.2 Å². The smallest absolute Gasteiger partial charge is 0.105 e. The van der Waals surface area contributed by atoms with Crippen LogP contribution in [0, 0.1) is 6.92 Å². The summed E-state index contributed by atoms with van der Waals surface area (Å²) >= 11 is 3.46. The maximum atomic E-state index is 10.8. The van der Waals surface area contributed by atoms with Crippen molar-refractivity contribution in [2.45, 2.75) is 13.0 Å². The van der Waals surface area contributed by atoms with Gasteiger partial charge in [0.2, 0.25) is 0 Å². The van der Waals surface area contributed by atoms with Gasteiger partial charge >= 0.3 is 0 Å². The molecule has 0 fully saturated rings. The first kappa shape index (κ1) is 13.3. The SMILES string of the molecule is Cc1ccc2ccccc2c1[C@@H](O)c1cccc(Br)c1. The lowest BCUT2D eigenvalue weighted by Crippen LogP contribution is -2.03. The van der Waals surface area contributed by atoms with Crippen molar-refractivity contribution in [1.82, 2.24) is 0 Å². The van der Waals surface area contributed by atoms with Gasteiger partial charge in [0.15, 0.2) is 0 Å². The predicted molar refractivity (Wildman–Crippen MR) is 86.9 cm³/mol. The molecule has 3 rings (SSSR count). The van der Waals surface area contributed by atoms with E-state index >= 15 is 0 Å². The van der Waals surface area contributed by atoms with E-state index in [1.54, 1.807) is 0 Å². The minimum absolute atomic E-state index is 0.612. The number of benzene rings is 3. The molecule has 20 heavy (non-hydrogen) atoms. The predicted octanol–water partition coefficient (Wildman–Crippen LogP) is 4.99. The van der Waals surface area contributed by atoms with Gasteiger partial charge in [-0.25, -0.2) is 0 Å². The van der Waals surface area contributed by atoms with E-state index in [0.29, 0.717) is 0 Å². The fourth-order valence-electron chi connectivity index (χ4n) is 2.61. The van der Waals surface area contributed by atoms with Gasteiger partial charge in [-0.2, -0.15) is 0 Å². The molecule has 3 aromatic carbocycles. The van der Waals surface area contributed by atoms with E-state index in [0.717, 1.165) is 31.9 Å². The van der Waals surface area contributed by atoms with Crippen molar-refractivity contribution in [2.24, 2.45) is 0 Å². The summed E-state index contributed by atoms with van der Waals surface area (Å²) in [5.74, 6) is 0. The summed E-state index contributed by atoms with van der Waals surface area (Å²) in [5.41, 5.74) is 3.00. The average molecular weight is 327 g/mol. The van der Waals surface area contributed by atoms with Gasteiger partial charge in [-0.3, -0.25) is 0 Å². The number of hydrogen-bond acceptors (Lipinski definition) is 1. The highest BCUT2D eigenvalue weighted by molar-refractivity contribution is 9.10. The van der Waals surface area contributed by atoms with Crippen molar-refractivity contribution < 1.29 is 5.11 Å². The number of hydrogen-bond donors (Lipinski definition) is 1. The molecule has 1 N–H and O–H groups in total. The Hall–Kier alpha value is -1.64. The van der Waals surface area contributed by atoms with Crippen LogP contribution in [0.5, 0.6) is 0 Å². The van der Waals surface area contributed by atoms with Crippen LogP contribution in [0.1, 0.15) is 22.8 Å². The van der Waals surface area contributed by atoms with Crippen LogP contribution < -0.4 is 0 Å². The van der Waals surface area contributed by atoms with Gasteiger partial charge in [-0.15, -0.1) is 0 Å². The van der Waals surface area contributed by atoms with Crippen LogP contribution in [-0.4, -0.2) is 5.11 Å². The molecule has 0 unspecified atom stereocenters. The van der Waals surface area contributed by atoms with Gasteiger partial charge in [-0.05, 0) is 46.5 Å². The third-order valence-electron chi connectivity index (χ3n) is 3.63. The second-order valence-corrected chi connectivity index (χ2v) is 5.89. The molecule has 0 aliphatic heterocycles. The number of fused-ring (bicyclic) bond motifs is 1. The largest absolute Gasteiger partial charge is 0.384 e. The first-order chi connectivity index (χ1) is 9.66. The topological polar surface area (TPSA) is 20.2 Å². The third kappa shape index (κ3) is 2.37. The van der Waals surface area contributed by atoms with Crippen LogP contribution in [0.15, 0.2) is 65.1 Å². The highest BCUT2D eigenvalue weighted by atomic mass is 79.9. The Labute approximate surface area is 127 Å². The van der Waals surface area contributed by atoms with Gasteiger partial charge in [-0.1, -0.05) is 64.5 Å². The van der Waals surface area contributed by atoms with Gasteiger partial charge in [0.1, 0.15) is 6.10 Å². The molecule has 0 heterocycles. The second kappa shape index (κ2) is 5.39. The molecule has 1 nitrogen and oxygen atoms in total. The summed E-state index contributed by atoms with van der Waals surface area (Å²) in [6, 6.07) is 20.2. The molecule has 0 bridgehead atoms. The molecule has 2 heteroatoms. The van der Waals surface area contributed by atoms with E-state index in [-0.39, 0.29) is 0 Å². The molecule has 0 aromatic heterocycles. The lowest BCUT2D eigenvalue weighted by molar-refractivity contribution is 0.221. The summed E-state index contributed by atoms with van der Waals surface area (Å²) in [6.45, 7) is 2.04. The van der Waals surface area contributed by atoms with E-state index in [1.165, 1.54) is 0 Å². The van der Waals surface area contributed by atoms with Crippen LogP contribution in [0.25, 0.3) is 10.8 Å². The Morgan fingerprint density at radius 1 is 0.950 bits per heavy atom. The fraction of sp³-hybridized carbons (Fsp3) is 0.111. The highest BCUT2D eigenvalue weighted by Crippen LogP contribution is 2.32. The average Bonchev–Trinajstić information content (AvgIpc) is 2.46. The minimum atomic E-state index is -0.612. The van der Waals surface area contributed by atoms with Crippen molar-refractivity contribution in [2.75, 3.05) is 0 Å². The van der Waals surface area contributed by atoms with Crippen molar-refractivity contribution >= 4 is 26.7 Å². The minimum Gasteiger partial charge on any atom is -0.384 e. The zero-order valence-electron chi connectivity index (χ0n) is 11.2. The summed E-state index contributed by atoms with van der Waals surface area (Å²) in [5, 5.41) is 13.0. The Bertz CT molecular complexity index is 764. The standard InChI is InChI=1S/C18H15BrO/c1-12-9-10-13-5-2-3-8-16(13)17(12)18(20)14-6-4-7-15(19)11-14/h2-11,18,20H,1H3/t18-/m0/s1. The van der Waals surface area contributed by atoms with E-state index < -0.39 is 6.10 Å². The molecule has 0 aliphatic carbocycles. The summed E-state index contributed by atoms with van der Waals surface area (Å²) in [4.78, 5) is 0. The zero-order valence-corrected chi connectivity index (χ0v) is 12.8. The number of halogens is 1. The van der Waals surface area contributed by atoms with E-state index in [9.17, 15) is 5.11 Å². The van der Waals surface area contributed by atoms with Gasteiger partial charge in [0.05, 0.1) is 0 Å². The van der Waals surface area contributed by atoms with Crippen LogP contribution >= 0.6 is 15.9 Å². The molecular formula is C18H15BrO. The van der Waals surface area contributed by atoms with Crippen LogP contribution in [0.4, 0.5) is 0 Å². The Balaban J connectivity index is 2.21. The molecular weight excluding hydrogens is 312 g/mol. The summed E-state index contributed by atoms with van der Waals surface area (Å²) in [7, 11) is 0. The first-order valence-electron chi connectivity index (χ1n) is 6.58. The Morgan fingerprint density at radius 2 is 1.75 bits per heavy atom. The second-order valence-electron chi connectivity index (χ2n) is 4.97. The Kier molecular flexibility index (Phi) is 3.60.